The number of hydrogen-bond acceptors (Lipinski definition) is 8. The van der Waals surface area contributed by atoms with Gasteiger partial charge in [0.15, 0.2) is 17.3 Å². The Morgan fingerprint density at radius 3 is 2.73 bits per heavy atom. The molecule has 3 rings (SSSR count). The van der Waals surface area contributed by atoms with Crippen LogP contribution in [0.4, 0.5) is 0 Å². The van der Waals surface area contributed by atoms with Gasteiger partial charge in [-0.05, 0) is 32.0 Å². The van der Waals surface area contributed by atoms with Crippen molar-refractivity contribution in [3.63, 3.8) is 0 Å². The third-order valence-electron chi connectivity index (χ3n) is 3.58. The fourth-order valence-corrected chi connectivity index (χ4v) is 2.43. The maximum atomic E-state index is 12.5. The van der Waals surface area contributed by atoms with Crippen LogP contribution in [0.5, 0.6) is 17.5 Å². The zero-order valence-electron chi connectivity index (χ0n) is 14.6. The maximum Gasteiger partial charge on any atom is 0.336 e. The molecule has 138 valence electrons. The van der Waals surface area contributed by atoms with Crippen molar-refractivity contribution in [1.82, 2.24) is 14.8 Å². The Hall–Kier alpha value is -3.10. The van der Waals surface area contributed by atoms with E-state index in [2.05, 4.69) is 10.1 Å². The van der Waals surface area contributed by atoms with E-state index in [0.717, 1.165) is 4.68 Å². The number of esters is 1. The summed E-state index contributed by atoms with van der Waals surface area (Å²) in [5.41, 5.74) is 0.622. The van der Waals surface area contributed by atoms with Crippen molar-refractivity contribution in [1.29, 1.82) is 0 Å². The van der Waals surface area contributed by atoms with E-state index < -0.39 is 5.97 Å². The molecule has 0 bridgehead atoms. The molecule has 0 saturated heterocycles. The van der Waals surface area contributed by atoms with Gasteiger partial charge in [-0.1, -0.05) is 0 Å². The largest absolute Gasteiger partial charge is 0.466 e. The zero-order valence-corrected chi connectivity index (χ0v) is 14.6. The predicted octanol–water partition coefficient (Wildman–Crippen LogP) is 2.06. The Bertz CT molecular complexity index is 817. The molecule has 1 aliphatic heterocycles. The van der Waals surface area contributed by atoms with Crippen LogP contribution in [0.1, 0.15) is 31.5 Å². The highest BCUT2D eigenvalue weighted by Gasteiger charge is 2.22. The van der Waals surface area contributed by atoms with Crippen LogP contribution >= 0.6 is 0 Å². The van der Waals surface area contributed by atoms with Gasteiger partial charge in [-0.25, -0.2) is 0 Å². The van der Waals surface area contributed by atoms with Crippen molar-refractivity contribution in [2.45, 2.75) is 26.7 Å². The molecule has 9 heteroatoms. The van der Waals surface area contributed by atoms with Gasteiger partial charge < -0.3 is 18.9 Å². The molecule has 1 aromatic carbocycles. The Balaban J connectivity index is 1.87. The van der Waals surface area contributed by atoms with E-state index in [0.29, 0.717) is 29.5 Å². The second kappa shape index (κ2) is 7.85. The summed E-state index contributed by atoms with van der Waals surface area (Å²) in [6, 6.07) is 5.30. The van der Waals surface area contributed by atoms with Crippen molar-refractivity contribution < 1.29 is 28.5 Å². The van der Waals surface area contributed by atoms with Crippen LogP contribution < -0.4 is 14.2 Å². The van der Waals surface area contributed by atoms with Gasteiger partial charge in [0.05, 0.1) is 19.6 Å². The lowest BCUT2D eigenvalue weighted by molar-refractivity contribution is -0.143. The number of hydrogen-bond donors (Lipinski definition) is 0. The molecule has 0 unspecified atom stereocenters. The summed E-state index contributed by atoms with van der Waals surface area (Å²) in [6.07, 6.45) is -0.0810. The Kier molecular flexibility index (Phi) is 5.35. The molecule has 1 aliphatic rings. The number of aromatic nitrogens is 3. The first kappa shape index (κ1) is 17.7. The predicted molar refractivity (Wildman–Crippen MR) is 89.2 cm³/mol. The quantitative estimate of drug-likeness (QED) is 0.691. The molecule has 0 spiro atoms. The molecule has 0 saturated carbocycles. The second-order valence-corrected chi connectivity index (χ2v) is 5.33. The van der Waals surface area contributed by atoms with Crippen molar-refractivity contribution in [3.8, 4) is 28.9 Å². The molecule has 2 aromatic rings. The molecule has 0 N–H and O–H groups in total. The second-order valence-electron chi connectivity index (χ2n) is 5.33. The van der Waals surface area contributed by atoms with Crippen LogP contribution in [0.15, 0.2) is 18.2 Å². The van der Waals surface area contributed by atoms with E-state index in [4.69, 9.17) is 18.9 Å². The molecule has 0 amide bonds. The first-order valence-corrected chi connectivity index (χ1v) is 8.31. The minimum atomic E-state index is -0.435. The number of fused-ring (bicyclic) bond motifs is 1. The molecular formula is C17H19N3O6. The first-order chi connectivity index (χ1) is 12.6. The molecule has 0 radical (unpaired) electrons. The summed E-state index contributed by atoms with van der Waals surface area (Å²) < 4.78 is 22.0. The molecule has 0 aliphatic carbocycles. The Labute approximate surface area is 149 Å². The lowest BCUT2D eigenvalue weighted by Crippen LogP contribution is -2.16. The van der Waals surface area contributed by atoms with Crippen molar-refractivity contribution in [2.75, 3.05) is 20.0 Å². The zero-order chi connectivity index (χ0) is 18.5. The van der Waals surface area contributed by atoms with E-state index in [1.807, 2.05) is 0 Å². The highest BCUT2D eigenvalue weighted by molar-refractivity contribution is 5.85. The average molecular weight is 361 g/mol. The molecule has 0 atom stereocenters. The standard InChI is InChI=1S/C17H19N3O6/c1-3-23-15(22)8-7-14(21)20-16(18-17(19-20)24-4-2)11-5-6-12-13(9-11)26-10-25-12/h5-6,9H,3-4,7-8,10H2,1-2H3. The van der Waals surface area contributed by atoms with Gasteiger partial charge >= 0.3 is 12.0 Å². The smallest absolute Gasteiger partial charge is 0.336 e. The van der Waals surface area contributed by atoms with Crippen LogP contribution in [0.3, 0.4) is 0 Å². The van der Waals surface area contributed by atoms with Gasteiger partial charge in [0.1, 0.15) is 0 Å². The Morgan fingerprint density at radius 2 is 1.96 bits per heavy atom. The summed E-state index contributed by atoms with van der Waals surface area (Å²) in [5, 5.41) is 4.10. The van der Waals surface area contributed by atoms with Crippen LogP contribution in [-0.2, 0) is 9.53 Å². The number of nitrogens with zero attached hydrogens (tertiary/aromatic N) is 3. The van der Waals surface area contributed by atoms with E-state index in [9.17, 15) is 9.59 Å². The number of carbonyl (C=O) groups is 2. The number of ether oxygens (including phenoxy) is 4. The van der Waals surface area contributed by atoms with Gasteiger partial charge in [-0.3, -0.25) is 9.59 Å². The van der Waals surface area contributed by atoms with Gasteiger partial charge in [0, 0.05) is 12.0 Å². The average Bonchev–Trinajstić information content (AvgIpc) is 3.26. The third-order valence-corrected chi connectivity index (χ3v) is 3.58. The topological polar surface area (TPSA) is 102 Å². The van der Waals surface area contributed by atoms with Gasteiger partial charge in [-0.15, -0.1) is 5.10 Å². The molecular weight excluding hydrogens is 342 g/mol. The van der Waals surface area contributed by atoms with Crippen LogP contribution in [0.25, 0.3) is 11.4 Å². The first-order valence-electron chi connectivity index (χ1n) is 8.31. The maximum absolute atomic E-state index is 12.5. The summed E-state index contributed by atoms with van der Waals surface area (Å²) in [5.74, 6) is 0.674. The molecule has 0 fully saturated rings. The SMILES string of the molecule is CCOC(=O)CCC(=O)n1nc(OCC)nc1-c1ccc2c(c1)OCO2. The molecule has 1 aromatic heterocycles. The van der Waals surface area contributed by atoms with E-state index in [-0.39, 0.29) is 38.2 Å². The summed E-state index contributed by atoms with van der Waals surface area (Å²) in [6.45, 7) is 4.29. The van der Waals surface area contributed by atoms with E-state index in [1.54, 1.807) is 32.0 Å². The molecule has 26 heavy (non-hydrogen) atoms. The third kappa shape index (κ3) is 3.76. The molecule has 9 nitrogen and oxygen atoms in total. The lowest BCUT2D eigenvalue weighted by Gasteiger charge is -2.05. The fraction of sp³-hybridized carbons (Fsp3) is 0.412. The van der Waals surface area contributed by atoms with Crippen molar-refractivity contribution >= 4 is 11.9 Å². The highest BCUT2D eigenvalue weighted by atomic mass is 16.7. The number of rotatable bonds is 7. The Morgan fingerprint density at radius 1 is 1.15 bits per heavy atom. The van der Waals surface area contributed by atoms with Gasteiger partial charge in [-0.2, -0.15) is 9.67 Å². The highest BCUT2D eigenvalue weighted by Crippen LogP contribution is 2.35. The fourth-order valence-electron chi connectivity index (χ4n) is 2.43. The van der Waals surface area contributed by atoms with Crippen molar-refractivity contribution in [2.24, 2.45) is 0 Å². The monoisotopic (exact) mass is 361 g/mol. The number of carbonyl (C=O) groups excluding carboxylic acids is 2. The summed E-state index contributed by atoms with van der Waals surface area (Å²) >= 11 is 0. The van der Waals surface area contributed by atoms with E-state index in [1.165, 1.54) is 0 Å². The van der Waals surface area contributed by atoms with Gasteiger partial charge in [0.2, 0.25) is 12.7 Å². The minimum Gasteiger partial charge on any atom is -0.466 e. The van der Waals surface area contributed by atoms with Crippen LogP contribution in [0.2, 0.25) is 0 Å². The van der Waals surface area contributed by atoms with Crippen LogP contribution in [-0.4, -0.2) is 46.6 Å². The van der Waals surface area contributed by atoms with Crippen LogP contribution in [0, 0.1) is 0 Å². The van der Waals surface area contributed by atoms with E-state index >= 15 is 0 Å². The summed E-state index contributed by atoms with van der Waals surface area (Å²) in [4.78, 5) is 28.3. The summed E-state index contributed by atoms with van der Waals surface area (Å²) in [7, 11) is 0. The van der Waals surface area contributed by atoms with Crippen molar-refractivity contribution in [3.05, 3.63) is 18.2 Å². The minimum absolute atomic E-state index is 0.0307. The molecule has 2 heterocycles. The normalized spacial score (nSPS) is 12.1. The van der Waals surface area contributed by atoms with Gasteiger partial charge in [0.25, 0.3) is 0 Å². The number of benzene rings is 1. The lowest BCUT2D eigenvalue weighted by atomic mass is 10.2.